The van der Waals surface area contributed by atoms with Crippen molar-refractivity contribution in [1.29, 1.82) is 0 Å². The second-order valence-corrected chi connectivity index (χ2v) is 7.19. The van der Waals surface area contributed by atoms with Gasteiger partial charge < -0.3 is 19.3 Å². The number of piperazine rings is 1. The molecule has 0 bridgehead atoms. The number of rotatable bonds is 6. The Hall–Kier alpha value is -2.44. The van der Waals surface area contributed by atoms with E-state index in [4.69, 9.17) is 9.47 Å². The minimum atomic E-state index is 0. The van der Waals surface area contributed by atoms with Gasteiger partial charge in [0.25, 0.3) is 5.91 Å². The van der Waals surface area contributed by atoms with Crippen LogP contribution in [0.4, 0.5) is 5.69 Å². The number of benzene rings is 2. The number of hydrogen-bond acceptors (Lipinski definition) is 5. The number of carbonyl (C=O) groups excluding carboxylic acids is 1. The number of amides is 1. The van der Waals surface area contributed by atoms with Gasteiger partial charge in [0.2, 0.25) is 0 Å². The van der Waals surface area contributed by atoms with Crippen LogP contribution in [0.2, 0.25) is 0 Å². The minimum Gasteiger partial charge on any atom is -0.495 e. The predicted molar refractivity (Wildman–Crippen MR) is 116 cm³/mol. The average Bonchev–Trinajstić information content (AvgIpc) is 2.76. The summed E-state index contributed by atoms with van der Waals surface area (Å²) in [5.74, 6) is 1.69. The summed E-state index contributed by atoms with van der Waals surface area (Å²) in [4.78, 5) is 19.2. The zero-order valence-corrected chi connectivity index (χ0v) is 17.6. The molecule has 1 amide bonds. The van der Waals surface area contributed by atoms with Gasteiger partial charge in [-0.15, -0.1) is 12.4 Å². The second kappa shape index (κ2) is 9.85. The number of anilines is 1. The van der Waals surface area contributed by atoms with Gasteiger partial charge in [0.15, 0.2) is 6.73 Å². The average molecular weight is 418 g/mol. The summed E-state index contributed by atoms with van der Waals surface area (Å²) in [6.45, 7) is 6.07. The molecule has 0 unspecified atom stereocenters. The van der Waals surface area contributed by atoms with Gasteiger partial charge in [0.05, 0.1) is 18.4 Å². The highest BCUT2D eigenvalue weighted by Crippen LogP contribution is 2.28. The number of halogens is 1. The summed E-state index contributed by atoms with van der Waals surface area (Å²) >= 11 is 0. The fourth-order valence-electron chi connectivity index (χ4n) is 3.90. The molecule has 2 aliphatic rings. The lowest BCUT2D eigenvalue weighted by atomic mass is 10.1. The molecule has 29 heavy (non-hydrogen) atoms. The van der Waals surface area contributed by atoms with Crippen molar-refractivity contribution in [3.05, 3.63) is 54.1 Å². The maximum absolute atomic E-state index is 12.6. The smallest absolute Gasteiger partial charge is 0.260 e. The molecule has 0 aromatic heterocycles. The lowest BCUT2D eigenvalue weighted by Crippen LogP contribution is -2.47. The van der Waals surface area contributed by atoms with Crippen LogP contribution in [-0.4, -0.2) is 68.8 Å². The van der Waals surface area contributed by atoms with Crippen molar-refractivity contribution >= 4 is 24.0 Å². The zero-order chi connectivity index (χ0) is 19.3. The minimum absolute atomic E-state index is 0. The third kappa shape index (κ3) is 4.77. The lowest BCUT2D eigenvalue weighted by Gasteiger charge is -2.37. The molecule has 0 N–H and O–H groups in total. The van der Waals surface area contributed by atoms with Gasteiger partial charge >= 0.3 is 0 Å². The van der Waals surface area contributed by atoms with E-state index in [2.05, 4.69) is 21.9 Å². The van der Waals surface area contributed by atoms with Crippen molar-refractivity contribution in [2.75, 3.05) is 58.0 Å². The maximum atomic E-state index is 12.6. The van der Waals surface area contributed by atoms with Crippen molar-refractivity contribution < 1.29 is 14.3 Å². The van der Waals surface area contributed by atoms with Crippen LogP contribution in [0.3, 0.4) is 0 Å². The Balaban J connectivity index is 0.00000240. The molecule has 156 valence electrons. The Morgan fingerprint density at radius 3 is 2.48 bits per heavy atom. The normalized spacial score (nSPS) is 16.7. The van der Waals surface area contributed by atoms with Crippen molar-refractivity contribution in [2.24, 2.45) is 0 Å². The summed E-state index contributed by atoms with van der Waals surface area (Å²) in [5.41, 5.74) is 1.83. The fraction of sp³-hybridized carbons (Fsp3) is 0.409. The number of ether oxygens (including phenoxy) is 2. The first-order valence-corrected chi connectivity index (χ1v) is 9.87. The molecule has 2 aromatic carbocycles. The van der Waals surface area contributed by atoms with E-state index in [0.29, 0.717) is 18.0 Å². The molecule has 1 fully saturated rings. The Kier molecular flexibility index (Phi) is 7.23. The Labute approximate surface area is 178 Å². The monoisotopic (exact) mass is 417 g/mol. The molecule has 6 nitrogen and oxygen atoms in total. The molecule has 0 spiro atoms. The van der Waals surface area contributed by atoms with E-state index in [1.165, 1.54) is 5.69 Å². The summed E-state index contributed by atoms with van der Waals surface area (Å²) < 4.78 is 11.2. The van der Waals surface area contributed by atoms with Crippen LogP contribution in [-0.2, 0) is 0 Å². The largest absolute Gasteiger partial charge is 0.495 e. The summed E-state index contributed by atoms with van der Waals surface area (Å²) in [6.07, 6.45) is 0.950. The van der Waals surface area contributed by atoms with Crippen molar-refractivity contribution in [3.8, 4) is 11.5 Å². The van der Waals surface area contributed by atoms with Crippen LogP contribution < -0.4 is 14.4 Å². The third-order valence-corrected chi connectivity index (χ3v) is 5.48. The number of hydrogen-bond donors (Lipinski definition) is 0. The molecule has 0 radical (unpaired) electrons. The van der Waals surface area contributed by atoms with Crippen molar-refractivity contribution in [2.45, 2.75) is 6.42 Å². The van der Waals surface area contributed by atoms with Crippen molar-refractivity contribution in [1.82, 2.24) is 9.80 Å². The summed E-state index contributed by atoms with van der Waals surface area (Å²) in [6, 6.07) is 15.7. The first-order valence-electron chi connectivity index (χ1n) is 9.87. The van der Waals surface area contributed by atoms with Crippen molar-refractivity contribution in [3.63, 3.8) is 0 Å². The molecule has 0 atom stereocenters. The van der Waals surface area contributed by atoms with Crippen LogP contribution in [0.1, 0.15) is 16.8 Å². The molecule has 0 aliphatic carbocycles. The van der Waals surface area contributed by atoms with Gasteiger partial charge in [-0.1, -0.05) is 24.3 Å². The maximum Gasteiger partial charge on any atom is 0.260 e. The molecule has 1 saturated heterocycles. The zero-order valence-electron chi connectivity index (χ0n) is 16.8. The lowest BCUT2D eigenvalue weighted by molar-refractivity contribution is 0.0509. The number of nitrogens with zero attached hydrogens (tertiary/aromatic N) is 3. The van der Waals surface area contributed by atoms with E-state index in [0.717, 1.165) is 51.4 Å². The van der Waals surface area contributed by atoms with Crippen LogP contribution in [0.5, 0.6) is 11.5 Å². The molecule has 7 heteroatoms. The third-order valence-electron chi connectivity index (χ3n) is 5.48. The Morgan fingerprint density at radius 1 is 0.966 bits per heavy atom. The molecule has 4 rings (SSSR count). The topological polar surface area (TPSA) is 45.2 Å². The first kappa shape index (κ1) is 21.3. The van der Waals surface area contributed by atoms with Crippen LogP contribution in [0, 0.1) is 0 Å². The molecule has 2 aliphatic heterocycles. The number of fused-ring (bicyclic) bond motifs is 1. The van der Waals surface area contributed by atoms with Gasteiger partial charge in [0, 0.05) is 32.7 Å². The van der Waals surface area contributed by atoms with E-state index >= 15 is 0 Å². The number of carbonyl (C=O) groups is 1. The molecule has 2 aromatic rings. The standard InChI is InChI=1S/C22H27N3O3.ClH/c1-27-21-10-5-3-8-19(21)24-15-13-23(14-16-24)11-6-12-25-17-28-20-9-4-2-7-18(20)22(25)26;/h2-5,7-10H,6,11-17H2,1H3;1H. The van der Waals surface area contributed by atoms with Crippen LogP contribution in [0.15, 0.2) is 48.5 Å². The SMILES string of the molecule is COc1ccccc1N1CCN(CCCN2COc3ccccc3C2=O)CC1.Cl. The highest BCUT2D eigenvalue weighted by molar-refractivity contribution is 5.97. The van der Waals surface area contributed by atoms with Gasteiger partial charge in [-0.05, 0) is 37.2 Å². The van der Waals surface area contributed by atoms with E-state index in [-0.39, 0.29) is 18.3 Å². The van der Waals surface area contributed by atoms with E-state index in [1.807, 2.05) is 36.4 Å². The predicted octanol–water partition coefficient (Wildman–Crippen LogP) is 3.12. The van der Waals surface area contributed by atoms with Crippen LogP contribution >= 0.6 is 12.4 Å². The summed E-state index contributed by atoms with van der Waals surface area (Å²) in [5, 5.41) is 0. The number of methoxy groups -OCH3 is 1. The van der Waals surface area contributed by atoms with Gasteiger partial charge in [-0.2, -0.15) is 0 Å². The Morgan fingerprint density at radius 2 is 1.69 bits per heavy atom. The van der Waals surface area contributed by atoms with E-state index in [1.54, 1.807) is 12.0 Å². The Bertz CT molecular complexity index is 824. The highest BCUT2D eigenvalue weighted by atomic mass is 35.5. The second-order valence-electron chi connectivity index (χ2n) is 7.19. The molecular formula is C22H28ClN3O3. The molecular weight excluding hydrogens is 390 g/mol. The first-order chi connectivity index (χ1) is 13.8. The van der Waals surface area contributed by atoms with Crippen LogP contribution in [0.25, 0.3) is 0 Å². The molecule has 2 heterocycles. The summed E-state index contributed by atoms with van der Waals surface area (Å²) in [7, 11) is 1.72. The number of para-hydroxylation sites is 3. The van der Waals surface area contributed by atoms with E-state index in [9.17, 15) is 4.79 Å². The van der Waals surface area contributed by atoms with Gasteiger partial charge in [-0.25, -0.2) is 0 Å². The quantitative estimate of drug-likeness (QED) is 0.722. The molecule has 0 saturated carbocycles. The fourth-order valence-corrected chi connectivity index (χ4v) is 3.90. The highest BCUT2D eigenvalue weighted by Gasteiger charge is 2.25. The van der Waals surface area contributed by atoms with E-state index < -0.39 is 0 Å². The van der Waals surface area contributed by atoms with Gasteiger partial charge in [-0.3, -0.25) is 9.69 Å². The van der Waals surface area contributed by atoms with Gasteiger partial charge in [0.1, 0.15) is 11.5 Å².